The summed E-state index contributed by atoms with van der Waals surface area (Å²) >= 11 is 0. The third-order valence-electron chi connectivity index (χ3n) is 3.15. The van der Waals surface area contributed by atoms with Crippen molar-refractivity contribution in [2.45, 2.75) is 19.9 Å². The summed E-state index contributed by atoms with van der Waals surface area (Å²) in [6.45, 7) is 2.56. The fourth-order valence-corrected chi connectivity index (χ4v) is 2.11. The summed E-state index contributed by atoms with van der Waals surface area (Å²) in [7, 11) is 1.33. The first kappa shape index (κ1) is 14.1. The Morgan fingerprint density at radius 1 is 1.20 bits per heavy atom. The predicted molar refractivity (Wildman–Crippen MR) is 75.9 cm³/mol. The maximum Gasteiger partial charge on any atom is 0.339 e. The van der Waals surface area contributed by atoms with Crippen molar-refractivity contribution >= 4 is 11.8 Å². The largest absolute Gasteiger partial charge is 0.465 e. The van der Waals surface area contributed by atoms with E-state index < -0.39 is 5.97 Å². The Morgan fingerprint density at radius 3 is 2.50 bits per heavy atom. The normalized spacial score (nSPS) is 10.3. The highest BCUT2D eigenvalue weighted by atomic mass is 16.5. The SMILES string of the molecule is CCn1cc(C(=O)OC)cc1C(=O)Cc1ccccc1. The Labute approximate surface area is 118 Å². The predicted octanol–water partition coefficient (Wildman–Crippen LogP) is 2.72. The maximum atomic E-state index is 12.3. The van der Waals surface area contributed by atoms with Crippen LogP contribution in [0.15, 0.2) is 42.6 Å². The van der Waals surface area contributed by atoms with Crippen molar-refractivity contribution in [3.63, 3.8) is 0 Å². The van der Waals surface area contributed by atoms with Crippen LogP contribution >= 0.6 is 0 Å². The van der Waals surface area contributed by atoms with Crippen molar-refractivity contribution in [3.8, 4) is 0 Å². The minimum Gasteiger partial charge on any atom is -0.465 e. The number of Topliss-reactive ketones (excluding diaryl/α,β-unsaturated/α-hetero) is 1. The third kappa shape index (κ3) is 2.96. The van der Waals surface area contributed by atoms with Crippen LogP contribution in [0.5, 0.6) is 0 Å². The van der Waals surface area contributed by atoms with Gasteiger partial charge in [0.25, 0.3) is 0 Å². The van der Waals surface area contributed by atoms with Crippen molar-refractivity contribution in [1.29, 1.82) is 0 Å². The molecule has 0 atom stereocenters. The lowest BCUT2D eigenvalue weighted by Crippen LogP contribution is -2.09. The summed E-state index contributed by atoms with van der Waals surface area (Å²) in [5, 5.41) is 0. The molecule has 2 rings (SSSR count). The Hall–Kier alpha value is -2.36. The molecule has 0 bridgehead atoms. The lowest BCUT2D eigenvalue weighted by atomic mass is 10.1. The quantitative estimate of drug-likeness (QED) is 0.620. The second-order valence-electron chi connectivity index (χ2n) is 4.48. The minimum atomic E-state index is -0.425. The number of aromatic nitrogens is 1. The standard InChI is InChI=1S/C16H17NO3/c1-3-17-11-13(16(19)20-2)10-14(17)15(18)9-12-7-5-4-6-8-12/h4-8,10-11H,3,9H2,1-2H3. The molecular formula is C16H17NO3. The molecule has 0 saturated heterocycles. The smallest absolute Gasteiger partial charge is 0.339 e. The fourth-order valence-electron chi connectivity index (χ4n) is 2.11. The van der Waals surface area contributed by atoms with Crippen molar-refractivity contribution in [1.82, 2.24) is 4.57 Å². The third-order valence-corrected chi connectivity index (χ3v) is 3.15. The molecule has 4 heteroatoms. The lowest BCUT2D eigenvalue weighted by molar-refractivity contribution is 0.0600. The van der Waals surface area contributed by atoms with Gasteiger partial charge in [-0.15, -0.1) is 0 Å². The monoisotopic (exact) mass is 271 g/mol. The van der Waals surface area contributed by atoms with Crippen molar-refractivity contribution < 1.29 is 14.3 Å². The minimum absolute atomic E-state index is 0.00629. The number of carbonyl (C=O) groups excluding carboxylic acids is 2. The molecule has 0 aliphatic carbocycles. The average molecular weight is 271 g/mol. The molecule has 0 spiro atoms. The molecule has 104 valence electrons. The first-order valence-electron chi connectivity index (χ1n) is 6.51. The molecule has 0 aliphatic rings. The Kier molecular flexibility index (Phi) is 4.35. The van der Waals surface area contributed by atoms with Gasteiger partial charge in [0.15, 0.2) is 5.78 Å². The van der Waals surface area contributed by atoms with Gasteiger partial charge in [0, 0.05) is 19.2 Å². The highest BCUT2D eigenvalue weighted by Gasteiger charge is 2.17. The highest BCUT2D eigenvalue weighted by molar-refractivity contribution is 5.99. The van der Waals surface area contributed by atoms with Crippen LogP contribution in [-0.4, -0.2) is 23.4 Å². The molecule has 1 aromatic heterocycles. The van der Waals surface area contributed by atoms with Gasteiger partial charge in [-0.2, -0.15) is 0 Å². The number of hydrogen-bond acceptors (Lipinski definition) is 3. The topological polar surface area (TPSA) is 48.3 Å². The van der Waals surface area contributed by atoms with Crippen molar-refractivity contribution in [3.05, 3.63) is 59.4 Å². The van der Waals surface area contributed by atoms with Gasteiger partial charge in [-0.3, -0.25) is 4.79 Å². The molecule has 1 aromatic carbocycles. The molecule has 0 radical (unpaired) electrons. The van der Waals surface area contributed by atoms with E-state index in [0.29, 0.717) is 24.2 Å². The highest BCUT2D eigenvalue weighted by Crippen LogP contribution is 2.13. The second kappa shape index (κ2) is 6.19. The average Bonchev–Trinajstić information content (AvgIpc) is 2.91. The molecule has 1 heterocycles. The molecule has 0 aliphatic heterocycles. The van der Waals surface area contributed by atoms with E-state index in [1.165, 1.54) is 7.11 Å². The van der Waals surface area contributed by atoms with Gasteiger partial charge in [0.1, 0.15) is 0 Å². The molecule has 0 amide bonds. The second-order valence-corrected chi connectivity index (χ2v) is 4.48. The zero-order valence-electron chi connectivity index (χ0n) is 11.6. The van der Waals surface area contributed by atoms with E-state index in [0.717, 1.165) is 5.56 Å². The summed E-state index contributed by atoms with van der Waals surface area (Å²) in [6, 6.07) is 11.2. The summed E-state index contributed by atoms with van der Waals surface area (Å²) in [5.74, 6) is -0.431. The van der Waals surface area contributed by atoms with E-state index in [9.17, 15) is 9.59 Å². The molecule has 20 heavy (non-hydrogen) atoms. The number of ketones is 1. The van der Waals surface area contributed by atoms with Crippen LogP contribution in [0.1, 0.15) is 33.3 Å². The molecule has 0 fully saturated rings. The first-order valence-corrected chi connectivity index (χ1v) is 6.51. The molecule has 0 N–H and O–H groups in total. The Bertz CT molecular complexity index is 614. The molecule has 0 saturated carbocycles. The molecule has 4 nitrogen and oxygen atoms in total. The van der Waals surface area contributed by atoms with E-state index in [1.54, 1.807) is 16.8 Å². The van der Waals surface area contributed by atoms with Crippen LogP contribution in [-0.2, 0) is 17.7 Å². The van der Waals surface area contributed by atoms with Gasteiger partial charge in [-0.25, -0.2) is 4.79 Å². The van der Waals surface area contributed by atoms with Gasteiger partial charge in [-0.1, -0.05) is 30.3 Å². The number of rotatable bonds is 5. The number of nitrogens with zero attached hydrogens (tertiary/aromatic N) is 1. The lowest BCUT2D eigenvalue weighted by Gasteiger charge is -2.05. The van der Waals surface area contributed by atoms with Gasteiger partial charge >= 0.3 is 5.97 Å². The summed E-state index contributed by atoms with van der Waals surface area (Å²) in [4.78, 5) is 23.9. The number of hydrogen-bond donors (Lipinski definition) is 0. The van der Waals surface area contributed by atoms with Gasteiger partial charge in [-0.05, 0) is 18.6 Å². The summed E-state index contributed by atoms with van der Waals surface area (Å²) in [6.07, 6.45) is 1.98. The zero-order valence-corrected chi connectivity index (χ0v) is 11.6. The van der Waals surface area contributed by atoms with E-state index in [4.69, 9.17) is 0 Å². The Morgan fingerprint density at radius 2 is 1.90 bits per heavy atom. The van der Waals surface area contributed by atoms with E-state index >= 15 is 0 Å². The molecular weight excluding hydrogens is 254 g/mol. The number of aryl methyl sites for hydroxylation is 1. The molecule has 2 aromatic rings. The number of esters is 1. The van der Waals surface area contributed by atoms with E-state index in [2.05, 4.69) is 4.74 Å². The summed E-state index contributed by atoms with van der Waals surface area (Å²) in [5.41, 5.74) is 1.91. The van der Waals surface area contributed by atoms with Crippen LogP contribution in [0.3, 0.4) is 0 Å². The van der Waals surface area contributed by atoms with Crippen LogP contribution in [0.4, 0.5) is 0 Å². The summed E-state index contributed by atoms with van der Waals surface area (Å²) < 4.78 is 6.46. The van der Waals surface area contributed by atoms with Crippen molar-refractivity contribution in [2.24, 2.45) is 0 Å². The number of carbonyl (C=O) groups is 2. The number of ether oxygens (including phenoxy) is 1. The van der Waals surface area contributed by atoms with E-state index in [1.807, 2.05) is 37.3 Å². The maximum absolute atomic E-state index is 12.3. The van der Waals surface area contributed by atoms with Crippen LogP contribution in [0, 0.1) is 0 Å². The van der Waals surface area contributed by atoms with E-state index in [-0.39, 0.29) is 5.78 Å². The number of benzene rings is 1. The van der Waals surface area contributed by atoms with Crippen LogP contribution < -0.4 is 0 Å². The Balaban J connectivity index is 2.25. The first-order chi connectivity index (χ1) is 9.65. The van der Waals surface area contributed by atoms with Gasteiger partial charge in [0.2, 0.25) is 0 Å². The number of methoxy groups -OCH3 is 1. The van der Waals surface area contributed by atoms with Gasteiger partial charge < -0.3 is 9.30 Å². The molecule has 0 unspecified atom stereocenters. The van der Waals surface area contributed by atoms with Crippen LogP contribution in [0.25, 0.3) is 0 Å². The fraction of sp³-hybridized carbons (Fsp3) is 0.250. The zero-order chi connectivity index (χ0) is 14.5. The van der Waals surface area contributed by atoms with Crippen LogP contribution in [0.2, 0.25) is 0 Å². The van der Waals surface area contributed by atoms with Crippen molar-refractivity contribution in [2.75, 3.05) is 7.11 Å². The van der Waals surface area contributed by atoms with Gasteiger partial charge in [0.05, 0.1) is 18.4 Å².